The Morgan fingerprint density at radius 2 is 2.26 bits per heavy atom. The SMILES string of the molecule is CCCn1cc(NC(=O)c2nonc2N)ccc1=O. The number of anilines is 2. The number of carbonyl (C=O) groups excluding carboxylic acids is 1. The Labute approximate surface area is 108 Å². The third kappa shape index (κ3) is 2.79. The zero-order valence-electron chi connectivity index (χ0n) is 10.3. The van der Waals surface area contributed by atoms with E-state index < -0.39 is 5.91 Å². The van der Waals surface area contributed by atoms with Crippen LogP contribution < -0.4 is 16.6 Å². The number of rotatable bonds is 4. The number of hydrogen-bond acceptors (Lipinski definition) is 6. The number of amides is 1. The Balaban J connectivity index is 2.20. The number of aryl methyl sites for hydroxylation is 1. The molecule has 0 aromatic carbocycles. The second-order valence-electron chi connectivity index (χ2n) is 3.90. The molecule has 2 heterocycles. The quantitative estimate of drug-likeness (QED) is 0.828. The summed E-state index contributed by atoms with van der Waals surface area (Å²) in [5.74, 6) is -0.625. The fraction of sp³-hybridized carbons (Fsp3) is 0.273. The molecule has 100 valence electrons. The number of aromatic nitrogens is 3. The minimum Gasteiger partial charge on any atom is -0.379 e. The maximum Gasteiger partial charge on any atom is 0.281 e. The minimum absolute atomic E-state index is 0.0839. The predicted molar refractivity (Wildman–Crippen MR) is 67.7 cm³/mol. The summed E-state index contributed by atoms with van der Waals surface area (Å²) in [6.07, 6.45) is 2.38. The van der Waals surface area contributed by atoms with Crippen LogP contribution >= 0.6 is 0 Å². The van der Waals surface area contributed by atoms with Crippen molar-refractivity contribution in [2.24, 2.45) is 0 Å². The van der Waals surface area contributed by atoms with Gasteiger partial charge in [-0.25, -0.2) is 4.63 Å². The van der Waals surface area contributed by atoms with E-state index in [0.29, 0.717) is 12.2 Å². The summed E-state index contributed by atoms with van der Waals surface area (Å²) in [5, 5.41) is 9.28. The highest BCUT2D eigenvalue weighted by Gasteiger charge is 2.16. The van der Waals surface area contributed by atoms with Crippen molar-refractivity contribution in [3.8, 4) is 0 Å². The first-order chi connectivity index (χ1) is 9.11. The molecule has 0 aliphatic heterocycles. The fourth-order valence-electron chi connectivity index (χ4n) is 1.56. The Bertz CT molecular complexity index is 646. The van der Waals surface area contributed by atoms with Gasteiger partial charge in [0.05, 0.1) is 5.69 Å². The molecule has 19 heavy (non-hydrogen) atoms. The molecular weight excluding hydrogens is 250 g/mol. The molecule has 8 nitrogen and oxygen atoms in total. The lowest BCUT2D eigenvalue weighted by atomic mass is 10.3. The van der Waals surface area contributed by atoms with Gasteiger partial charge in [0.1, 0.15) is 0 Å². The van der Waals surface area contributed by atoms with Gasteiger partial charge in [-0.3, -0.25) is 9.59 Å². The number of hydrogen-bond donors (Lipinski definition) is 2. The van der Waals surface area contributed by atoms with Gasteiger partial charge >= 0.3 is 0 Å². The maximum absolute atomic E-state index is 11.8. The Morgan fingerprint density at radius 3 is 2.89 bits per heavy atom. The van der Waals surface area contributed by atoms with Gasteiger partial charge in [0.2, 0.25) is 11.5 Å². The average Bonchev–Trinajstić information content (AvgIpc) is 2.80. The van der Waals surface area contributed by atoms with E-state index in [-0.39, 0.29) is 17.1 Å². The first kappa shape index (κ1) is 12.8. The molecule has 0 spiro atoms. The van der Waals surface area contributed by atoms with Crippen LogP contribution in [0.15, 0.2) is 27.8 Å². The molecule has 0 fully saturated rings. The lowest BCUT2D eigenvalue weighted by Crippen LogP contribution is -2.21. The normalized spacial score (nSPS) is 10.4. The smallest absolute Gasteiger partial charge is 0.281 e. The van der Waals surface area contributed by atoms with Gasteiger partial charge in [-0.05, 0) is 22.8 Å². The number of nitrogens with two attached hydrogens (primary N) is 1. The zero-order chi connectivity index (χ0) is 13.8. The fourth-order valence-corrected chi connectivity index (χ4v) is 1.56. The largest absolute Gasteiger partial charge is 0.379 e. The van der Waals surface area contributed by atoms with Gasteiger partial charge in [0.25, 0.3) is 11.5 Å². The lowest BCUT2D eigenvalue weighted by Gasteiger charge is -2.07. The van der Waals surface area contributed by atoms with Crippen LogP contribution in [0.5, 0.6) is 0 Å². The second-order valence-corrected chi connectivity index (χ2v) is 3.90. The van der Waals surface area contributed by atoms with E-state index in [2.05, 4.69) is 20.3 Å². The van der Waals surface area contributed by atoms with Crippen LogP contribution in [0.1, 0.15) is 23.8 Å². The van der Waals surface area contributed by atoms with Crippen LogP contribution in [0.3, 0.4) is 0 Å². The first-order valence-electron chi connectivity index (χ1n) is 5.71. The topological polar surface area (TPSA) is 116 Å². The number of carbonyl (C=O) groups is 1. The summed E-state index contributed by atoms with van der Waals surface area (Å²) in [4.78, 5) is 23.3. The van der Waals surface area contributed by atoms with Gasteiger partial charge in [-0.1, -0.05) is 6.92 Å². The van der Waals surface area contributed by atoms with Gasteiger partial charge in [0, 0.05) is 18.8 Å². The highest BCUT2D eigenvalue weighted by molar-refractivity contribution is 6.05. The number of nitrogens with zero attached hydrogens (tertiary/aromatic N) is 3. The molecule has 0 aliphatic carbocycles. The summed E-state index contributed by atoms with van der Waals surface area (Å²) < 4.78 is 5.86. The molecule has 0 saturated carbocycles. The lowest BCUT2D eigenvalue weighted by molar-refractivity contribution is 0.101. The van der Waals surface area contributed by atoms with Crippen molar-refractivity contribution in [1.82, 2.24) is 14.9 Å². The van der Waals surface area contributed by atoms with Crippen LogP contribution in [-0.4, -0.2) is 20.8 Å². The maximum atomic E-state index is 11.8. The van der Waals surface area contributed by atoms with Gasteiger partial charge in [-0.2, -0.15) is 0 Å². The monoisotopic (exact) mass is 263 g/mol. The average molecular weight is 263 g/mol. The Hall–Kier alpha value is -2.64. The van der Waals surface area contributed by atoms with Crippen LogP contribution in [0.25, 0.3) is 0 Å². The third-order valence-electron chi connectivity index (χ3n) is 2.43. The van der Waals surface area contributed by atoms with Crippen LogP contribution in [0.2, 0.25) is 0 Å². The zero-order valence-corrected chi connectivity index (χ0v) is 10.3. The summed E-state index contributed by atoms with van der Waals surface area (Å²) in [6.45, 7) is 2.54. The van der Waals surface area contributed by atoms with E-state index in [9.17, 15) is 9.59 Å². The summed E-state index contributed by atoms with van der Waals surface area (Å²) in [7, 11) is 0. The number of nitrogens with one attached hydrogen (secondary N) is 1. The molecule has 0 unspecified atom stereocenters. The Kier molecular flexibility index (Phi) is 3.60. The van der Waals surface area contributed by atoms with E-state index in [0.717, 1.165) is 6.42 Å². The van der Waals surface area contributed by atoms with Crippen LogP contribution in [-0.2, 0) is 6.54 Å². The molecule has 0 radical (unpaired) electrons. The molecule has 0 atom stereocenters. The van der Waals surface area contributed by atoms with E-state index in [1.807, 2.05) is 6.92 Å². The summed E-state index contributed by atoms with van der Waals surface area (Å²) in [6, 6.07) is 2.89. The number of nitrogen functional groups attached to an aromatic ring is 1. The molecule has 2 aromatic rings. The van der Waals surface area contributed by atoms with E-state index in [1.165, 1.54) is 16.7 Å². The van der Waals surface area contributed by atoms with E-state index in [4.69, 9.17) is 5.73 Å². The molecule has 1 amide bonds. The first-order valence-corrected chi connectivity index (χ1v) is 5.71. The van der Waals surface area contributed by atoms with Crippen molar-refractivity contribution >= 4 is 17.4 Å². The second kappa shape index (κ2) is 5.34. The molecule has 2 aromatic heterocycles. The standard InChI is InChI=1S/C11H13N5O3/c1-2-5-16-6-7(3-4-8(16)17)13-11(18)9-10(12)15-19-14-9/h3-4,6H,2,5H2,1H3,(H2,12,15)(H,13,18). The van der Waals surface area contributed by atoms with Crippen molar-refractivity contribution in [2.45, 2.75) is 19.9 Å². The molecule has 8 heteroatoms. The molecule has 2 rings (SSSR count). The van der Waals surface area contributed by atoms with Crippen molar-refractivity contribution < 1.29 is 9.42 Å². The number of pyridine rings is 1. The van der Waals surface area contributed by atoms with Crippen LogP contribution in [0.4, 0.5) is 11.5 Å². The van der Waals surface area contributed by atoms with Gasteiger partial charge < -0.3 is 15.6 Å². The highest BCUT2D eigenvalue weighted by atomic mass is 16.6. The third-order valence-corrected chi connectivity index (χ3v) is 2.43. The van der Waals surface area contributed by atoms with Gasteiger partial charge in [0.15, 0.2) is 0 Å². The summed E-state index contributed by atoms with van der Waals surface area (Å²) >= 11 is 0. The minimum atomic E-state index is -0.541. The highest BCUT2D eigenvalue weighted by Crippen LogP contribution is 2.09. The molecular formula is C11H13N5O3. The molecule has 0 bridgehead atoms. The van der Waals surface area contributed by atoms with Gasteiger partial charge in [-0.15, -0.1) is 0 Å². The predicted octanol–water partition coefficient (Wildman–Crippen LogP) is 0.476. The summed E-state index contributed by atoms with van der Waals surface area (Å²) in [5.41, 5.74) is 5.67. The van der Waals surface area contributed by atoms with E-state index >= 15 is 0 Å². The molecule has 0 aliphatic rings. The van der Waals surface area contributed by atoms with Crippen molar-refractivity contribution in [3.05, 3.63) is 34.4 Å². The van der Waals surface area contributed by atoms with Crippen LogP contribution in [0, 0.1) is 0 Å². The molecule has 3 N–H and O–H groups in total. The van der Waals surface area contributed by atoms with Crippen molar-refractivity contribution in [2.75, 3.05) is 11.1 Å². The Morgan fingerprint density at radius 1 is 1.47 bits per heavy atom. The molecule has 0 saturated heterocycles. The van der Waals surface area contributed by atoms with Crippen molar-refractivity contribution in [1.29, 1.82) is 0 Å². The van der Waals surface area contributed by atoms with E-state index in [1.54, 1.807) is 6.20 Å². The van der Waals surface area contributed by atoms with Crippen molar-refractivity contribution in [3.63, 3.8) is 0 Å².